The summed E-state index contributed by atoms with van der Waals surface area (Å²) in [6, 6.07) is 11.7. The van der Waals surface area contributed by atoms with E-state index in [1.54, 1.807) is 6.07 Å². The highest BCUT2D eigenvalue weighted by molar-refractivity contribution is 6.01. The predicted molar refractivity (Wildman–Crippen MR) is 154 cm³/mol. The second kappa shape index (κ2) is 10.5. The maximum Gasteiger partial charge on any atom is 0.280 e. The van der Waals surface area contributed by atoms with Crippen LogP contribution in [0.15, 0.2) is 47.4 Å². The molecule has 1 aromatic carbocycles. The molecule has 1 amide bonds. The number of nitrogens with zero attached hydrogens (tertiary/aromatic N) is 5. The first-order chi connectivity index (χ1) is 20.4. The molecule has 3 aliphatic rings. The summed E-state index contributed by atoms with van der Waals surface area (Å²) in [6.07, 6.45) is 5.87. The van der Waals surface area contributed by atoms with Crippen LogP contribution in [-0.4, -0.2) is 62.6 Å². The number of pyridine rings is 2. The van der Waals surface area contributed by atoms with Gasteiger partial charge in [0.2, 0.25) is 0 Å². The number of carbonyl (C=O) groups is 1. The van der Waals surface area contributed by atoms with Crippen molar-refractivity contribution >= 4 is 16.8 Å². The number of H-pyrrole nitrogens is 1. The number of fused-ring (bicyclic) bond motifs is 1. The van der Waals surface area contributed by atoms with Crippen LogP contribution in [0.1, 0.15) is 65.3 Å². The summed E-state index contributed by atoms with van der Waals surface area (Å²) >= 11 is 0. The van der Waals surface area contributed by atoms with Gasteiger partial charge in [0.1, 0.15) is 29.4 Å². The molecule has 0 atom stereocenters. The number of nitrogens with one attached hydrogen (secondary N) is 1. The Morgan fingerprint density at radius 1 is 1.10 bits per heavy atom. The molecule has 0 unspecified atom stereocenters. The molecule has 7 rings (SSSR count). The summed E-state index contributed by atoms with van der Waals surface area (Å²) in [6.45, 7) is 2.65. The SMILES string of the molecule is N#Cc1cn(-c2cc(-c3ccc(F)cc3C(=O)N3CC(F)C3)cc(C3CC3)n2)c(=O)c2[nH]c(CN3CCCCC3)cc12. The van der Waals surface area contributed by atoms with Crippen molar-refractivity contribution in [2.75, 3.05) is 26.2 Å². The molecule has 2 saturated heterocycles. The van der Waals surface area contributed by atoms with Crippen molar-refractivity contribution in [2.24, 2.45) is 0 Å². The van der Waals surface area contributed by atoms with E-state index in [9.17, 15) is 23.6 Å². The van der Waals surface area contributed by atoms with Crippen molar-refractivity contribution in [3.63, 3.8) is 0 Å². The van der Waals surface area contributed by atoms with Crippen molar-refractivity contribution in [2.45, 2.75) is 50.7 Å². The summed E-state index contributed by atoms with van der Waals surface area (Å²) in [5.41, 5.74) is 3.23. The third kappa shape index (κ3) is 4.88. The van der Waals surface area contributed by atoms with Gasteiger partial charge >= 0.3 is 0 Å². The minimum Gasteiger partial charge on any atom is -0.353 e. The van der Waals surface area contributed by atoms with Crippen LogP contribution in [-0.2, 0) is 6.54 Å². The molecule has 0 bridgehead atoms. The third-order valence-corrected chi connectivity index (χ3v) is 8.54. The van der Waals surface area contributed by atoms with Crippen LogP contribution < -0.4 is 5.56 Å². The smallest absolute Gasteiger partial charge is 0.280 e. The Bertz CT molecular complexity index is 1810. The average Bonchev–Trinajstić information content (AvgIpc) is 3.75. The first kappa shape index (κ1) is 26.5. The van der Waals surface area contributed by atoms with E-state index in [1.165, 1.54) is 40.3 Å². The van der Waals surface area contributed by atoms with Gasteiger partial charge in [-0.3, -0.25) is 19.1 Å². The summed E-state index contributed by atoms with van der Waals surface area (Å²) in [7, 11) is 0. The van der Waals surface area contributed by atoms with E-state index in [2.05, 4.69) is 16.0 Å². The fraction of sp³-hybridized carbons (Fsp3) is 0.375. The van der Waals surface area contributed by atoms with Gasteiger partial charge in [-0.25, -0.2) is 13.8 Å². The van der Waals surface area contributed by atoms with E-state index < -0.39 is 17.9 Å². The Kier molecular flexibility index (Phi) is 6.62. The standard InChI is InChI=1S/C32H30F2N6O2/c33-22-6-7-25(27(12-22)31(41)39-16-23(34)17-39)20-10-28(19-4-5-19)37-29(11-20)40-15-21(14-35)26-13-24(36-30(26)32(40)42)18-38-8-2-1-3-9-38/h6-7,10-13,15,19,23,36H,1-5,8-9,16-18H2. The lowest BCUT2D eigenvalue weighted by molar-refractivity contribution is 0.0400. The number of piperidine rings is 1. The summed E-state index contributed by atoms with van der Waals surface area (Å²) in [4.78, 5) is 38.9. The van der Waals surface area contributed by atoms with E-state index in [1.807, 2.05) is 12.1 Å². The monoisotopic (exact) mass is 568 g/mol. The topological polar surface area (TPSA) is 98.0 Å². The molecule has 2 aliphatic heterocycles. The molecule has 5 heterocycles. The Morgan fingerprint density at radius 3 is 2.60 bits per heavy atom. The van der Waals surface area contributed by atoms with Crippen molar-refractivity contribution in [1.29, 1.82) is 5.26 Å². The normalized spacial score (nSPS) is 17.8. The highest BCUT2D eigenvalue weighted by Gasteiger charge is 2.33. The molecule has 3 aromatic heterocycles. The Balaban J connectivity index is 1.33. The molecule has 0 spiro atoms. The number of rotatable bonds is 6. The molecule has 42 heavy (non-hydrogen) atoms. The van der Waals surface area contributed by atoms with Gasteiger partial charge in [-0.1, -0.05) is 12.5 Å². The maximum atomic E-state index is 14.3. The van der Waals surface area contributed by atoms with Crippen LogP contribution >= 0.6 is 0 Å². The van der Waals surface area contributed by atoms with Crippen LogP contribution in [0.5, 0.6) is 0 Å². The number of aromatic nitrogens is 3. The van der Waals surface area contributed by atoms with Crippen molar-refractivity contribution in [3.8, 4) is 23.0 Å². The lowest BCUT2D eigenvalue weighted by atomic mass is 9.96. The van der Waals surface area contributed by atoms with Crippen LogP contribution in [0.25, 0.3) is 27.8 Å². The van der Waals surface area contributed by atoms with E-state index in [4.69, 9.17) is 4.98 Å². The minimum atomic E-state index is -1.08. The highest BCUT2D eigenvalue weighted by atomic mass is 19.1. The molecule has 0 radical (unpaired) electrons. The number of hydrogen-bond acceptors (Lipinski definition) is 5. The Morgan fingerprint density at radius 2 is 1.88 bits per heavy atom. The number of halogens is 2. The summed E-state index contributed by atoms with van der Waals surface area (Å²) in [5, 5.41) is 10.6. The molecule has 4 aromatic rings. The van der Waals surface area contributed by atoms with Gasteiger partial charge in [0.25, 0.3) is 11.5 Å². The largest absolute Gasteiger partial charge is 0.353 e. The van der Waals surface area contributed by atoms with Crippen LogP contribution in [0.2, 0.25) is 0 Å². The molecule has 1 N–H and O–H groups in total. The molecular weight excluding hydrogens is 538 g/mol. The lowest BCUT2D eigenvalue weighted by Gasteiger charge is -2.34. The Hall–Kier alpha value is -4.36. The first-order valence-electron chi connectivity index (χ1n) is 14.5. The number of alkyl halides is 1. The number of aromatic amines is 1. The molecule has 10 heteroatoms. The molecular formula is C32H30F2N6O2. The first-order valence-corrected chi connectivity index (χ1v) is 14.5. The van der Waals surface area contributed by atoms with E-state index in [-0.39, 0.29) is 30.1 Å². The lowest BCUT2D eigenvalue weighted by Crippen LogP contribution is -2.51. The Labute approximate surface area is 241 Å². The van der Waals surface area contributed by atoms with Crippen molar-refractivity contribution in [1.82, 2.24) is 24.3 Å². The van der Waals surface area contributed by atoms with Gasteiger partial charge < -0.3 is 9.88 Å². The average molecular weight is 569 g/mol. The fourth-order valence-corrected chi connectivity index (χ4v) is 6.08. The number of amides is 1. The molecule has 8 nitrogen and oxygen atoms in total. The number of hydrogen-bond donors (Lipinski definition) is 1. The van der Waals surface area contributed by atoms with Gasteiger partial charge in [-0.2, -0.15) is 5.26 Å². The van der Waals surface area contributed by atoms with Gasteiger partial charge in [0.05, 0.1) is 24.2 Å². The van der Waals surface area contributed by atoms with E-state index in [0.29, 0.717) is 40.0 Å². The number of nitriles is 1. The van der Waals surface area contributed by atoms with Gasteiger partial charge in [0, 0.05) is 35.4 Å². The molecule has 3 fully saturated rings. The van der Waals surface area contributed by atoms with Gasteiger partial charge in [-0.15, -0.1) is 0 Å². The zero-order valence-corrected chi connectivity index (χ0v) is 23.1. The van der Waals surface area contributed by atoms with Crippen LogP contribution in [0.3, 0.4) is 0 Å². The summed E-state index contributed by atoms with van der Waals surface area (Å²) < 4.78 is 29.3. The zero-order valence-electron chi connectivity index (χ0n) is 23.1. The minimum absolute atomic E-state index is 0.0219. The van der Waals surface area contributed by atoms with Crippen molar-refractivity contribution < 1.29 is 13.6 Å². The van der Waals surface area contributed by atoms with Gasteiger partial charge in [-0.05, 0) is 80.2 Å². The van der Waals surface area contributed by atoms with E-state index in [0.717, 1.165) is 50.2 Å². The van der Waals surface area contributed by atoms with Crippen LogP contribution in [0, 0.1) is 17.1 Å². The second-order valence-corrected chi connectivity index (χ2v) is 11.7. The van der Waals surface area contributed by atoms with E-state index >= 15 is 0 Å². The van der Waals surface area contributed by atoms with Gasteiger partial charge in [0.15, 0.2) is 0 Å². The molecule has 214 valence electrons. The second-order valence-electron chi connectivity index (χ2n) is 11.7. The number of carbonyl (C=O) groups excluding carboxylic acids is 1. The third-order valence-electron chi connectivity index (χ3n) is 8.54. The quantitative estimate of drug-likeness (QED) is 0.351. The van der Waals surface area contributed by atoms with Crippen molar-refractivity contribution in [3.05, 3.63) is 81.3 Å². The predicted octanol–water partition coefficient (Wildman–Crippen LogP) is 5.05. The highest BCUT2D eigenvalue weighted by Crippen LogP contribution is 2.41. The zero-order chi connectivity index (χ0) is 29.0. The molecule has 1 aliphatic carbocycles. The van der Waals surface area contributed by atoms with Crippen LogP contribution in [0.4, 0.5) is 8.78 Å². The summed E-state index contributed by atoms with van der Waals surface area (Å²) in [5.74, 6) is -0.478. The number of benzene rings is 1. The fourth-order valence-electron chi connectivity index (χ4n) is 6.08. The number of likely N-dealkylation sites (tertiary alicyclic amines) is 2. The maximum absolute atomic E-state index is 14.3. The molecule has 1 saturated carbocycles.